The summed E-state index contributed by atoms with van der Waals surface area (Å²) in [6.07, 6.45) is 4.51. The topological polar surface area (TPSA) is 147 Å². The van der Waals surface area contributed by atoms with Gasteiger partial charge in [0.2, 0.25) is 15.0 Å². The van der Waals surface area contributed by atoms with Crippen molar-refractivity contribution in [2.24, 2.45) is 0 Å². The van der Waals surface area contributed by atoms with Gasteiger partial charge in [0.05, 0.1) is 11.4 Å². The lowest BCUT2D eigenvalue weighted by Gasteiger charge is -2.11. The average Bonchev–Trinajstić information content (AvgIpc) is 3.25. The predicted octanol–water partition coefficient (Wildman–Crippen LogP) is 0.0718. The summed E-state index contributed by atoms with van der Waals surface area (Å²) in [6, 6.07) is 8.71. The van der Waals surface area contributed by atoms with Crippen molar-refractivity contribution >= 4 is 30.9 Å². The highest BCUT2D eigenvalue weighted by molar-refractivity contribution is 7.90. The van der Waals surface area contributed by atoms with Gasteiger partial charge in [-0.2, -0.15) is 13.4 Å². The van der Waals surface area contributed by atoms with Gasteiger partial charge in [-0.3, -0.25) is 9.36 Å². The molecule has 3 aromatic heterocycles. The molecule has 0 fully saturated rings. The van der Waals surface area contributed by atoms with Crippen molar-refractivity contribution in [3.8, 4) is 0 Å². The molecule has 4 aromatic rings. The van der Waals surface area contributed by atoms with Gasteiger partial charge in [0.1, 0.15) is 18.3 Å². The van der Waals surface area contributed by atoms with Crippen molar-refractivity contribution < 1.29 is 16.8 Å². The van der Waals surface area contributed by atoms with Crippen LogP contribution in [0.1, 0.15) is 5.56 Å². The Morgan fingerprint density at radius 1 is 1.00 bits per heavy atom. The number of benzene rings is 1. The van der Waals surface area contributed by atoms with E-state index in [2.05, 4.69) is 20.1 Å². The van der Waals surface area contributed by atoms with E-state index < -0.39 is 19.9 Å². The first-order valence-corrected chi connectivity index (χ1v) is 11.8. The Kier molecular flexibility index (Phi) is 4.70. The van der Waals surface area contributed by atoms with Crippen LogP contribution in [0.3, 0.4) is 0 Å². The zero-order valence-corrected chi connectivity index (χ0v) is 17.1. The molecule has 0 atom stereocenters. The number of nitrogens with zero attached hydrogens (tertiary/aromatic N) is 6. The van der Waals surface area contributed by atoms with Crippen molar-refractivity contribution in [3.05, 3.63) is 71.2 Å². The van der Waals surface area contributed by atoms with E-state index in [0.29, 0.717) is 10.9 Å². The lowest BCUT2D eigenvalue weighted by molar-refractivity contribution is 0.579. The summed E-state index contributed by atoms with van der Waals surface area (Å²) in [5.41, 5.74) is 0.388. The molecule has 0 saturated heterocycles. The molecule has 0 amide bonds. The van der Waals surface area contributed by atoms with Crippen molar-refractivity contribution in [2.75, 3.05) is 6.26 Å². The van der Waals surface area contributed by atoms with Crippen LogP contribution in [-0.2, 0) is 26.4 Å². The first-order chi connectivity index (χ1) is 14.2. The minimum absolute atomic E-state index is 0.00343. The molecule has 0 aliphatic heterocycles. The molecular weight excluding hydrogens is 432 g/mol. The molecule has 3 heterocycles. The lowest BCUT2D eigenvalue weighted by atomic mass is 10.2. The molecule has 0 unspecified atom stereocenters. The fraction of sp³-hybridized carbons (Fsp3) is 0.118. The van der Waals surface area contributed by atoms with Crippen molar-refractivity contribution in [3.63, 3.8) is 0 Å². The maximum absolute atomic E-state index is 12.5. The van der Waals surface area contributed by atoms with Crippen LogP contribution in [0.2, 0.25) is 0 Å². The number of pyridine rings is 1. The molecule has 154 valence electrons. The van der Waals surface area contributed by atoms with Crippen LogP contribution in [0, 0.1) is 0 Å². The van der Waals surface area contributed by atoms with E-state index in [1.165, 1.54) is 35.0 Å². The van der Waals surface area contributed by atoms with Gasteiger partial charge in [0.25, 0.3) is 15.6 Å². The summed E-state index contributed by atoms with van der Waals surface area (Å²) in [6.45, 7) is 0.0556. The third-order valence-electron chi connectivity index (χ3n) is 4.24. The van der Waals surface area contributed by atoms with Gasteiger partial charge in [0, 0.05) is 23.9 Å². The Hall–Kier alpha value is -3.45. The molecule has 0 bridgehead atoms. The summed E-state index contributed by atoms with van der Waals surface area (Å²) in [4.78, 5) is 23.9. The number of hydrogen-bond donors (Lipinski definition) is 0. The van der Waals surface area contributed by atoms with E-state index in [1.807, 2.05) is 0 Å². The van der Waals surface area contributed by atoms with Crippen molar-refractivity contribution in [2.45, 2.75) is 16.6 Å². The van der Waals surface area contributed by atoms with Gasteiger partial charge in [-0.25, -0.2) is 18.4 Å². The molecule has 13 heteroatoms. The molecule has 0 aliphatic carbocycles. The minimum Gasteiger partial charge on any atom is -0.288 e. The first-order valence-electron chi connectivity index (χ1n) is 8.42. The second-order valence-corrected chi connectivity index (χ2v) is 10.1. The molecule has 0 radical (unpaired) electrons. The molecule has 11 nitrogen and oxygen atoms in total. The maximum atomic E-state index is 12.5. The number of aromatic nitrogens is 6. The van der Waals surface area contributed by atoms with Gasteiger partial charge in [-0.05, 0) is 23.8 Å². The molecule has 0 saturated carbocycles. The summed E-state index contributed by atoms with van der Waals surface area (Å²) < 4.78 is 50.5. The van der Waals surface area contributed by atoms with Crippen LogP contribution in [-0.4, -0.2) is 51.8 Å². The van der Waals surface area contributed by atoms with Gasteiger partial charge >= 0.3 is 0 Å². The maximum Gasteiger partial charge on any atom is 0.284 e. The zero-order valence-electron chi connectivity index (χ0n) is 15.4. The van der Waals surface area contributed by atoms with Crippen LogP contribution in [0.25, 0.3) is 11.0 Å². The third kappa shape index (κ3) is 3.59. The monoisotopic (exact) mass is 446 g/mol. The fourth-order valence-electron chi connectivity index (χ4n) is 2.77. The van der Waals surface area contributed by atoms with Gasteiger partial charge in [-0.15, -0.1) is 9.19 Å². The summed E-state index contributed by atoms with van der Waals surface area (Å²) in [5, 5.41) is 3.74. The second kappa shape index (κ2) is 7.11. The Labute approximate surface area is 170 Å². The molecule has 30 heavy (non-hydrogen) atoms. The quantitative estimate of drug-likeness (QED) is 0.388. The average molecular weight is 446 g/mol. The highest BCUT2D eigenvalue weighted by Gasteiger charge is 2.18. The van der Waals surface area contributed by atoms with Crippen LogP contribution < -0.4 is 5.56 Å². The second-order valence-electron chi connectivity index (χ2n) is 6.38. The number of sulfone groups is 1. The predicted molar refractivity (Wildman–Crippen MR) is 105 cm³/mol. The minimum atomic E-state index is -3.86. The van der Waals surface area contributed by atoms with Gasteiger partial charge < -0.3 is 0 Å². The smallest absolute Gasteiger partial charge is 0.284 e. The summed E-state index contributed by atoms with van der Waals surface area (Å²) >= 11 is 0. The fourth-order valence-corrected chi connectivity index (χ4v) is 4.30. The molecule has 0 spiro atoms. The highest BCUT2D eigenvalue weighted by atomic mass is 32.2. The SMILES string of the molecule is CS(=O)(=O)c1ncc2ccc(=O)n(Cc3ccc(S(=O)(=O)n4cncn4)cc3)c2n1. The van der Waals surface area contributed by atoms with E-state index in [-0.39, 0.29) is 27.8 Å². The first kappa shape index (κ1) is 19.8. The normalized spacial score (nSPS) is 12.3. The molecular formula is C17H14N6O5S2. The Bertz CT molecular complexity index is 1510. The Balaban J connectivity index is 1.74. The van der Waals surface area contributed by atoms with Gasteiger partial charge in [0.15, 0.2) is 0 Å². The lowest BCUT2D eigenvalue weighted by Crippen LogP contribution is -2.21. The van der Waals surface area contributed by atoms with E-state index in [0.717, 1.165) is 23.0 Å². The largest absolute Gasteiger partial charge is 0.288 e. The highest BCUT2D eigenvalue weighted by Crippen LogP contribution is 2.16. The molecule has 1 aromatic carbocycles. The van der Waals surface area contributed by atoms with Crippen LogP contribution >= 0.6 is 0 Å². The molecule has 0 aliphatic rings. The number of hydrogen-bond acceptors (Lipinski definition) is 9. The van der Waals surface area contributed by atoms with Crippen molar-refractivity contribution in [1.82, 2.24) is 28.7 Å². The van der Waals surface area contributed by atoms with Crippen LogP contribution in [0.5, 0.6) is 0 Å². The van der Waals surface area contributed by atoms with Gasteiger partial charge in [-0.1, -0.05) is 12.1 Å². The van der Waals surface area contributed by atoms with E-state index >= 15 is 0 Å². The van der Waals surface area contributed by atoms with E-state index in [4.69, 9.17) is 0 Å². The van der Waals surface area contributed by atoms with Crippen LogP contribution in [0.15, 0.2) is 70.1 Å². The van der Waals surface area contributed by atoms with Crippen LogP contribution in [0.4, 0.5) is 0 Å². The molecule has 0 N–H and O–H groups in total. The summed E-state index contributed by atoms with van der Waals surface area (Å²) in [7, 11) is -7.52. The summed E-state index contributed by atoms with van der Waals surface area (Å²) in [5.74, 6) is 0. The Morgan fingerprint density at radius 3 is 2.37 bits per heavy atom. The van der Waals surface area contributed by atoms with Crippen molar-refractivity contribution in [1.29, 1.82) is 0 Å². The van der Waals surface area contributed by atoms with E-state index in [9.17, 15) is 21.6 Å². The number of rotatable bonds is 5. The Morgan fingerprint density at radius 2 is 1.73 bits per heavy atom. The third-order valence-corrected chi connectivity index (χ3v) is 6.65. The van der Waals surface area contributed by atoms with E-state index in [1.54, 1.807) is 12.1 Å². The molecule has 4 rings (SSSR count). The standard InChI is InChI=1S/C17H14N6O5S2/c1-29(25,26)17-19-8-13-4-7-15(24)22(16(13)21-17)9-12-2-5-14(6-3-12)30(27,28)23-11-18-10-20-23/h2-8,10-11H,9H2,1H3. The number of fused-ring (bicyclic) bond motifs is 1. The zero-order chi connectivity index (χ0) is 21.5.